The highest BCUT2D eigenvalue weighted by Gasteiger charge is 2.12. The van der Waals surface area contributed by atoms with Crippen LogP contribution in [0.3, 0.4) is 0 Å². The molecule has 0 atom stereocenters. The van der Waals surface area contributed by atoms with Gasteiger partial charge >= 0.3 is 0 Å². The third kappa shape index (κ3) is 3.75. The summed E-state index contributed by atoms with van der Waals surface area (Å²) in [5, 5.41) is 3.23. The first-order valence-corrected chi connectivity index (χ1v) is 8.90. The Morgan fingerprint density at radius 3 is 2.48 bits per heavy atom. The lowest BCUT2D eigenvalue weighted by molar-refractivity contribution is 0.588. The van der Waals surface area contributed by atoms with Crippen LogP contribution >= 0.6 is 11.3 Å². The average Bonchev–Trinajstić information content (AvgIpc) is 2.94. The summed E-state index contributed by atoms with van der Waals surface area (Å²) >= 11 is 1.76. The maximum absolute atomic E-state index is 11.7. The van der Waals surface area contributed by atoms with E-state index in [0.29, 0.717) is 12.2 Å². The van der Waals surface area contributed by atoms with Gasteiger partial charge < -0.3 is 11.1 Å². The summed E-state index contributed by atoms with van der Waals surface area (Å²) in [5.74, 6) is 0. The maximum atomic E-state index is 11.7. The monoisotopic (exact) mass is 325 g/mol. The number of aryl methyl sites for hydroxylation is 1. The minimum absolute atomic E-state index is 0.164. The maximum Gasteiger partial charge on any atom is 0.240 e. The van der Waals surface area contributed by atoms with Gasteiger partial charge in [0.05, 0.1) is 16.3 Å². The molecule has 21 heavy (non-hydrogen) atoms. The number of nitrogens with one attached hydrogen (secondary N) is 2. The van der Waals surface area contributed by atoms with Crippen molar-refractivity contribution in [1.82, 2.24) is 4.72 Å². The summed E-state index contributed by atoms with van der Waals surface area (Å²) in [6.45, 7) is 2.80. The molecule has 0 fully saturated rings. The largest absolute Gasteiger partial charge is 0.397 e. The molecule has 1 aromatic heterocycles. The molecule has 0 unspecified atom stereocenters. The summed E-state index contributed by atoms with van der Waals surface area (Å²) in [7, 11) is -2.09. The van der Waals surface area contributed by atoms with E-state index in [4.69, 9.17) is 5.73 Å². The number of sulfonamides is 1. The molecule has 0 saturated heterocycles. The van der Waals surface area contributed by atoms with Gasteiger partial charge in [-0.05, 0) is 43.8 Å². The fraction of sp³-hybridized carbons (Fsp3) is 0.286. The van der Waals surface area contributed by atoms with Gasteiger partial charge in [-0.2, -0.15) is 0 Å². The zero-order chi connectivity index (χ0) is 15.5. The van der Waals surface area contributed by atoms with Crippen LogP contribution < -0.4 is 15.8 Å². The summed E-state index contributed by atoms with van der Waals surface area (Å²) in [6, 6.07) is 8.89. The molecule has 114 valence electrons. The van der Waals surface area contributed by atoms with Gasteiger partial charge in [0.25, 0.3) is 0 Å². The molecule has 0 amide bonds. The van der Waals surface area contributed by atoms with E-state index in [0.717, 1.165) is 12.1 Å². The number of nitrogen functional groups attached to an aromatic ring is 1. The average molecular weight is 325 g/mol. The minimum atomic E-state index is -3.46. The van der Waals surface area contributed by atoms with E-state index < -0.39 is 10.0 Å². The van der Waals surface area contributed by atoms with Gasteiger partial charge in [-0.25, -0.2) is 13.1 Å². The van der Waals surface area contributed by atoms with Crippen LogP contribution in [0, 0.1) is 0 Å². The Morgan fingerprint density at radius 1 is 1.19 bits per heavy atom. The Labute approximate surface area is 129 Å². The molecule has 0 radical (unpaired) electrons. The Kier molecular flexibility index (Phi) is 4.87. The van der Waals surface area contributed by atoms with Crippen LogP contribution in [0.2, 0.25) is 0 Å². The number of benzene rings is 1. The van der Waals surface area contributed by atoms with E-state index in [2.05, 4.69) is 29.1 Å². The van der Waals surface area contributed by atoms with Crippen LogP contribution in [0.1, 0.15) is 16.7 Å². The molecule has 5 nitrogen and oxygen atoms in total. The van der Waals surface area contributed by atoms with Crippen LogP contribution in [0.25, 0.3) is 0 Å². The molecule has 0 spiro atoms. The number of thiophene rings is 1. The van der Waals surface area contributed by atoms with Gasteiger partial charge in [0.1, 0.15) is 0 Å². The Bertz CT molecular complexity index is 724. The highest BCUT2D eigenvalue weighted by Crippen LogP contribution is 2.24. The number of hydrogen-bond acceptors (Lipinski definition) is 5. The van der Waals surface area contributed by atoms with Crippen LogP contribution in [0.15, 0.2) is 35.2 Å². The van der Waals surface area contributed by atoms with Crippen molar-refractivity contribution >= 4 is 32.7 Å². The smallest absolute Gasteiger partial charge is 0.240 e. The quantitative estimate of drug-likeness (QED) is 0.712. The van der Waals surface area contributed by atoms with Gasteiger partial charge in [0.15, 0.2) is 0 Å². The van der Waals surface area contributed by atoms with Crippen molar-refractivity contribution in [1.29, 1.82) is 0 Å². The fourth-order valence-corrected chi connectivity index (χ4v) is 3.54. The molecule has 1 aromatic carbocycles. The van der Waals surface area contributed by atoms with Gasteiger partial charge in [0.2, 0.25) is 10.0 Å². The van der Waals surface area contributed by atoms with Gasteiger partial charge in [0, 0.05) is 16.3 Å². The van der Waals surface area contributed by atoms with Crippen molar-refractivity contribution in [3.63, 3.8) is 0 Å². The Morgan fingerprint density at radius 2 is 1.90 bits per heavy atom. The summed E-state index contributed by atoms with van der Waals surface area (Å²) in [4.78, 5) is 2.73. The number of nitrogens with two attached hydrogens (primary N) is 1. The van der Waals surface area contributed by atoms with Crippen LogP contribution in [-0.4, -0.2) is 15.5 Å². The first kappa shape index (κ1) is 15.8. The van der Waals surface area contributed by atoms with E-state index in [1.165, 1.54) is 28.9 Å². The van der Waals surface area contributed by atoms with Gasteiger partial charge in [-0.1, -0.05) is 6.92 Å². The standard InChI is InChI=1S/C14H19N3O2S2/c1-3-10-4-5-11(20-10)9-17-14-7-6-12(8-13(14)15)21(18,19)16-2/h4-8,16-17H,3,9,15H2,1-2H3. The van der Waals surface area contributed by atoms with Crippen molar-refractivity contribution in [3.8, 4) is 0 Å². The first-order valence-electron chi connectivity index (χ1n) is 6.60. The Balaban J connectivity index is 2.11. The zero-order valence-corrected chi connectivity index (χ0v) is 13.6. The normalized spacial score (nSPS) is 11.5. The summed E-state index contributed by atoms with van der Waals surface area (Å²) in [6.07, 6.45) is 1.03. The molecule has 7 heteroatoms. The van der Waals surface area contributed by atoms with Crippen LogP contribution in [0.4, 0.5) is 11.4 Å². The lowest BCUT2D eigenvalue weighted by Crippen LogP contribution is -2.18. The van der Waals surface area contributed by atoms with E-state index >= 15 is 0 Å². The summed E-state index contributed by atoms with van der Waals surface area (Å²) < 4.78 is 25.7. The zero-order valence-electron chi connectivity index (χ0n) is 12.0. The minimum Gasteiger partial charge on any atom is -0.397 e. The highest BCUT2D eigenvalue weighted by molar-refractivity contribution is 7.89. The van der Waals surface area contributed by atoms with Crippen molar-refractivity contribution in [2.45, 2.75) is 24.8 Å². The van der Waals surface area contributed by atoms with Crippen molar-refractivity contribution in [3.05, 3.63) is 40.1 Å². The second-order valence-electron chi connectivity index (χ2n) is 4.53. The van der Waals surface area contributed by atoms with Crippen molar-refractivity contribution in [2.75, 3.05) is 18.1 Å². The van der Waals surface area contributed by atoms with Crippen LogP contribution in [0.5, 0.6) is 0 Å². The molecule has 0 bridgehead atoms. The molecule has 2 aromatic rings. The first-order chi connectivity index (χ1) is 9.96. The number of anilines is 2. The molecular formula is C14H19N3O2S2. The second kappa shape index (κ2) is 6.46. The summed E-state index contributed by atoms with van der Waals surface area (Å²) in [5.41, 5.74) is 7.07. The molecule has 0 aliphatic heterocycles. The van der Waals surface area contributed by atoms with Gasteiger partial charge in [-0.15, -0.1) is 11.3 Å². The predicted molar refractivity (Wildman–Crippen MR) is 88.1 cm³/mol. The molecule has 0 saturated carbocycles. The third-order valence-corrected chi connectivity index (χ3v) is 5.76. The lowest BCUT2D eigenvalue weighted by Gasteiger charge is -2.10. The second-order valence-corrected chi connectivity index (χ2v) is 7.67. The number of hydrogen-bond donors (Lipinski definition) is 3. The molecule has 0 aliphatic carbocycles. The third-order valence-electron chi connectivity index (χ3n) is 3.12. The highest BCUT2D eigenvalue weighted by atomic mass is 32.2. The fourth-order valence-electron chi connectivity index (χ4n) is 1.88. The predicted octanol–water partition coefficient (Wildman–Crippen LogP) is 2.41. The van der Waals surface area contributed by atoms with Crippen LogP contribution in [-0.2, 0) is 23.0 Å². The van der Waals surface area contributed by atoms with E-state index in [1.54, 1.807) is 17.4 Å². The number of rotatable bonds is 6. The Hall–Kier alpha value is -1.57. The molecule has 2 rings (SSSR count). The van der Waals surface area contributed by atoms with E-state index in [1.807, 2.05) is 0 Å². The van der Waals surface area contributed by atoms with Crippen molar-refractivity contribution < 1.29 is 8.42 Å². The molecule has 0 aliphatic rings. The van der Waals surface area contributed by atoms with E-state index in [9.17, 15) is 8.42 Å². The SMILES string of the molecule is CCc1ccc(CNc2ccc(S(=O)(=O)NC)cc2N)s1. The van der Waals surface area contributed by atoms with Gasteiger partial charge in [-0.3, -0.25) is 0 Å². The molecule has 1 heterocycles. The lowest BCUT2D eigenvalue weighted by atomic mass is 10.2. The van der Waals surface area contributed by atoms with Crippen molar-refractivity contribution in [2.24, 2.45) is 0 Å². The topological polar surface area (TPSA) is 84.2 Å². The van der Waals surface area contributed by atoms with E-state index in [-0.39, 0.29) is 4.90 Å². The molecule has 4 N–H and O–H groups in total. The molecular weight excluding hydrogens is 306 g/mol.